The molecule has 2 heterocycles. The van der Waals surface area contributed by atoms with Gasteiger partial charge in [0.15, 0.2) is 0 Å². The molecule has 3 nitrogen and oxygen atoms in total. The molecule has 2 atom stereocenters. The van der Waals surface area contributed by atoms with Gasteiger partial charge < -0.3 is 10.5 Å². The highest BCUT2D eigenvalue weighted by molar-refractivity contribution is 9.10. The molecule has 1 aliphatic carbocycles. The molecular weight excluding hydrogens is 304 g/mol. The van der Waals surface area contributed by atoms with E-state index >= 15 is 0 Å². The first-order valence-electron chi connectivity index (χ1n) is 7.20. The smallest absolute Gasteiger partial charge is 0.0686 e. The number of nitrogens with zero attached hydrogens (tertiary/aromatic N) is 1. The van der Waals surface area contributed by atoms with Crippen LogP contribution in [0.4, 0.5) is 0 Å². The third-order valence-corrected chi connectivity index (χ3v) is 5.11. The zero-order valence-corrected chi connectivity index (χ0v) is 12.7. The Kier molecular flexibility index (Phi) is 3.92. The molecule has 1 aromatic rings. The van der Waals surface area contributed by atoms with Gasteiger partial charge in [0.05, 0.1) is 17.3 Å². The normalized spacial score (nSPS) is 27.6. The highest BCUT2D eigenvalue weighted by Gasteiger charge is 2.41. The Morgan fingerprint density at radius 2 is 2.16 bits per heavy atom. The Balaban J connectivity index is 1.72. The number of rotatable bonds is 2. The molecule has 1 saturated heterocycles. The zero-order valence-electron chi connectivity index (χ0n) is 11.1. The lowest BCUT2D eigenvalue weighted by molar-refractivity contribution is -0.0965. The van der Waals surface area contributed by atoms with Crippen LogP contribution >= 0.6 is 15.9 Å². The molecule has 19 heavy (non-hydrogen) atoms. The molecule has 0 amide bonds. The van der Waals surface area contributed by atoms with E-state index in [2.05, 4.69) is 20.9 Å². The molecule has 104 valence electrons. The molecule has 2 N–H and O–H groups in total. The van der Waals surface area contributed by atoms with Gasteiger partial charge in [0.2, 0.25) is 0 Å². The van der Waals surface area contributed by atoms with E-state index in [-0.39, 0.29) is 11.6 Å². The second kappa shape index (κ2) is 5.51. The maximum atomic E-state index is 6.44. The molecule has 0 bridgehead atoms. The monoisotopic (exact) mass is 324 g/mol. The summed E-state index contributed by atoms with van der Waals surface area (Å²) in [7, 11) is 0. The summed E-state index contributed by atoms with van der Waals surface area (Å²) in [5, 5.41) is 0. The lowest BCUT2D eigenvalue weighted by atomic mass is 9.80. The first kappa shape index (κ1) is 13.5. The number of aromatic nitrogens is 1. The molecule has 1 aliphatic heterocycles. The van der Waals surface area contributed by atoms with E-state index in [1.807, 2.05) is 18.3 Å². The average Bonchev–Trinajstić information content (AvgIpc) is 2.87. The summed E-state index contributed by atoms with van der Waals surface area (Å²) >= 11 is 3.42. The Hall–Kier alpha value is -0.450. The topological polar surface area (TPSA) is 48.1 Å². The van der Waals surface area contributed by atoms with E-state index in [1.165, 1.54) is 25.7 Å². The summed E-state index contributed by atoms with van der Waals surface area (Å²) < 4.78 is 7.08. The third-order valence-electron chi connectivity index (χ3n) is 4.65. The van der Waals surface area contributed by atoms with Crippen molar-refractivity contribution in [2.45, 2.75) is 50.2 Å². The predicted molar refractivity (Wildman–Crippen MR) is 78.7 cm³/mol. The molecule has 0 aromatic carbocycles. The van der Waals surface area contributed by atoms with Gasteiger partial charge in [0.25, 0.3) is 0 Å². The molecule has 4 heteroatoms. The fraction of sp³-hybridized carbons (Fsp3) is 0.667. The number of nitrogens with two attached hydrogens (primary N) is 1. The Morgan fingerprint density at radius 3 is 2.84 bits per heavy atom. The van der Waals surface area contributed by atoms with Crippen LogP contribution in [-0.4, -0.2) is 17.2 Å². The van der Waals surface area contributed by atoms with Crippen LogP contribution in [0.5, 0.6) is 0 Å². The zero-order chi connectivity index (χ0) is 13.3. The van der Waals surface area contributed by atoms with Crippen LogP contribution < -0.4 is 5.73 Å². The summed E-state index contributed by atoms with van der Waals surface area (Å²) in [5.41, 5.74) is 7.58. The fourth-order valence-corrected chi connectivity index (χ4v) is 3.80. The highest BCUT2D eigenvalue weighted by Crippen LogP contribution is 2.44. The molecule has 1 aromatic heterocycles. The van der Waals surface area contributed by atoms with Gasteiger partial charge in [0, 0.05) is 17.3 Å². The number of ether oxygens (including phenoxy) is 1. The van der Waals surface area contributed by atoms with Crippen LogP contribution in [0.15, 0.2) is 22.8 Å². The lowest BCUT2D eigenvalue weighted by Gasteiger charge is -2.40. The standard InChI is InChI=1S/C15H21BrN2O/c16-12-3-4-13(18-10-12)14(17)11-5-8-19-15(9-11)6-1-2-7-15/h3-4,10-11,14H,1-2,5-9,17H2. The van der Waals surface area contributed by atoms with Crippen LogP contribution in [0, 0.1) is 5.92 Å². The van der Waals surface area contributed by atoms with Gasteiger partial charge in [-0.1, -0.05) is 12.8 Å². The molecule has 1 spiro atoms. The molecule has 3 rings (SSSR count). The largest absolute Gasteiger partial charge is 0.375 e. The van der Waals surface area contributed by atoms with Crippen molar-refractivity contribution in [1.82, 2.24) is 4.98 Å². The van der Waals surface area contributed by atoms with Crippen molar-refractivity contribution >= 4 is 15.9 Å². The number of pyridine rings is 1. The Labute approximate surface area is 123 Å². The minimum absolute atomic E-state index is 0.0366. The first-order chi connectivity index (χ1) is 9.19. The van der Waals surface area contributed by atoms with Gasteiger partial charge in [0.1, 0.15) is 0 Å². The van der Waals surface area contributed by atoms with E-state index in [1.54, 1.807) is 0 Å². The number of hydrogen-bond donors (Lipinski definition) is 1. The lowest BCUT2D eigenvalue weighted by Crippen LogP contribution is -2.40. The SMILES string of the molecule is NC(c1ccc(Br)cn1)C1CCOC2(CCCC2)C1. The minimum Gasteiger partial charge on any atom is -0.375 e. The van der Waals surface area contributed by atoms with Crippen LogP contribution in [-0.2, 0) is 4.74 Å². The molecule has 0 radical (unpaired) electrons. The van der Waals surface area contributed by atoms with Gasteiger partial charge in [-0.15, -0.1) is 0 Å². The van der Waals surface area contributed by atoms with Crippen LogP contribution in [0.3, 0.4) is 0 Å². The van der Waals surface area contributed by atoms with Gasteiger partial charge in [-0.2, -0.15) is 0 Å². The predicted octanol–water partition coefficient (Wildman–Crippen LogP) is 3.58. The highest BCUT2D eigenvalue weighted by atomic mass is 79.9. The molecule has 2 fully saturated rings. The van der Waals surface area contributed by atoms with Gasteiger partial charge in [-0.05, 0) is 59.7 Å². The van der Waals surface area contributed by atoms with Gasteiger partial charge in [-0.3, -0.25) is 4.98 Å². The average molecular weight is 325 g/mol. The van der Waals surface area contributed by atoms with Crippen LogP contribution in [0.25, 0.3) is 0 Å². The summed E-state index contributed by atoms with van der Waals surface area (Å²) in [6, 6.07) is 4.09. The van der Waals surface area contributed by atoms with Crippen molar-refractivity contribution in [3.63, 3.8) is 0 Å². The van der Waals surface area contributed by atoms with Crippen LogP contribution in [0.1, 0.15) is 50.3 Å². The van der Waals surface area contributed by atoms with Gasteiger partial charge >= 0.3 is 0 Å². The van der Waals surface area contributed by atoms with Crippen molar-refractivity contribution < 1.29 is 4.74 Å². The van der Waals surface area contributed by atoms with E-state index in [0.717, 1.165) is 29.6 Å². The fourth-order valence-electron chi connectivity index (χ4n) is 3.57. The van der Waals surface area contributed by atoms with Crippen molar-refractivity contribution in [1.29, 1.82) is 0 Å². The third kappa shape index (κ3) is 2.86. The van der Waals surface area contributed by atoms with E-state index in [9.17, 15) is 0 Å². The van der Waals surface area contributed by atoms with Crippen molar-refractivity contribution in [2.75, 3.05) is 6.61 Å². The Morgan fingerprint density at radius 1 is 1.37 bits per heavy atom. The van der Waals surface area contributed by atoms with Gasteiger partial charge in [-0.25, -0.2) is 0 Å². The number of hydrogen-bond acceptors (Lipinski definition) is 3. The maximum Gasteiger partial charge on any atom is 0.0686 e. The van der Waals surface area contributed by atoms with Crippen molar-refractivity contribution in [3.8, 4) is 0 Å². The van der Waals surface area contributed by atoms with Crippen molar-refractivity contribution in [3.05, 3.63) is 28.5 Å². The Bertz CT molecular complexity index is 428. The summed E-state index contributed by atoms with van der Waals surface area (Å²) in [5.74, 6) is 0.500. The molecular formula is C15H21BrN2O. The maximum absolute atomic E-state index is 6.44. The molecule has 1 saturated carbocycles. The molecule has 2 unspecified atom stereocenters. The first-order valence-corrected chi connectivity index (χ1v) is 7.99. The second-order valence-electron chi connectivity index (χ2n) is 5.92. The van der Waals surface area contributed by atoms with E-state index in [0.29, 0.717) is 5.92 Å². The van der Waals surface area contributed by atoms with E-state index < -0.39 is 0 Å². The molecule has 2 aliphatic rings. The summed E-state index contributed by atoms with van der Waals surface area (Å²) in [6.07, 6.45) is 9.03. The quantitative estimate of drug-likeness (QED) is 0.904. The minimum atomic E-state index is 0.0366. The van der Waals surface area contributed by atoms with Crippen molar-refractivity contribution in [2.24, 2.45) is 11.7 Å². The number of halogens is 1. The summed E-state index contributed by atoms with van der Waals surface area (Å²) in [6.45, 7) is 0.856. The van der Waals surface area contributed by atoms with E-state index in [4.69, 9.17) is 10.5 Å². The second-order valence-corrected chi connectivity index (χ2v) is 6.83. The summed E-state index contributed by atoms with van der Waals surface area (Å²) in [4.78, 5) is 4.46. The van der Waals surface area contributed by atoms with Crippen LogP contribution in [0.2, 0.25) is 0 Å².